The van der Waals surface area contributed by atoms with Gasteiger partial charge < -0.3 is 5.32 Å². The van der Waals surface area contributed by atoms with Gasteiger partial charge in [-0.15, -0.1) is 16.4 Å². The van der Waals surface area contributed by atoms with Crippen molar-refractivity contribution in [2.75, 3.05) is 6.54 Å². The van der Waals surface area contributed by atoms with Crippen molar-refractivity contribution in [1.82, 2.24) is 30.4 Å². The van der Waals surface area contributed by atoms with Gasteiger partial charge in [0.25, 0.3) is 0 Å². The fourth-order valence-electron chi connectivity index (χ4n) is 3.38. The molecule has 4 rings (SSSR count). The van der Waals surface area contributed by atoms with Crippen molar-refractivity contribution in [3.8, 4) is 0 Å². The number of likely N-dealkylation sites (tertiary alicyclic amines) is 1. The van der Waals surface area contributed by atoms with Crippen molar-refractivity contribution in [1.29, 1.82) is 0 Å². The Morgan fingerprint density at radius 1 is 1.30 bits per heavy atom. The summed E-state index contributed by atoms with van der Waals surface area (Å²) in [6.45, 7) is 1.94. The summed E-state index contributed by atoms with van der Waals surface area (Å²) in [5.74, 6) is 0.0351. The Labute approximate surface area is 165 Å². The van der Waals surface area contributed by atoms with Gasteiger partial charge in [0.05, 0.1) is 18.6 Å². The molecule has 1 N–H and O–H groups in total. The van der Waals surface area contributed by atoms with Crippen molar-refractivity contribution in [2.24, 2.45) is 0 Å². The highest BCUT2D eigenvalue weighted by Crippen LogP contribution is 2.28. The van der Waals surface area contributed by atoms with Gasteiger partial charge in [-0.05, 0) is 46.0 Å². The lowest BCUT2D eigenvalue weighted by Crippen LogP contribution is -2.42. The van der Waals surface area contributed by atoms with Crippen molar-refractivity contribution in [2.45, 2.75) is 31.6 Å². The maximum atomic E-state index is 12.9. The van der Waals surface area contributed by atoms with E-state index in [0.29, 0.717) is 31.1 Å². The first-order valence-electron chi connectivity index (χ1n) is 8.70. The van der Waals surface area contributed by atoms with Crippen LogP contribution in [-0.4, -0.2) is 43.6 Å². The third kappa shape index (κ3) is 4.35. The predicted molar refractivity (Wildman–Crippen MR) is 103 cm³/mol. The molecule has 0 spiro atoms. The molecular weight excluding hydrogens is 384 g/mol. The van der Waals surface area contributed by atoms with Crippen LogP contribution in [0.2, 0.25) is 5.02 Å². The zero-order valence-electron chi connectivity index (χ0n) is 14.5. The smallest absolute Gasteiger partial charge is 0.237 e. The van der Waals surface area contributed by atoms with Crippen molar-refractivity contribution in [3.05, 3.63) is 63.6 Å². The average molecular weight is 403 g/mol. The van der Waals surface area contributed by atoms with E-state index in [1.54, 1.807) is 22.3 Å². The normalized spacial score (nSPS) is 20.0. The first kappa shape index (κ1) is 18.1. The Kier molecular flexibility index (Phi) is 5.47. The number of thiophene rings is 1. The number of carbonyl (C=O) groups is 1. The number of amides is 1. The molecule has 1 amide bonds. The van der Waals surface area contributed by atoms with Gasteiger partial charge in [0.2, 0.25) is 5.91 Å². The lowest BCUT2D eigenvalue weighted by atomic mass is 10.1. The van der Waals surface area contributed by atoms with Crippen LogP contribution >= 0.6 is 22.9 Å². The number of hydrogen-bond donors (Lipinski definition) is 1. The number of tetrazole rings is 1. The Balaban J connectivity index is 1.47. The number of rotatable bonds is 6. The molecule has 9 heteroatoms. The van der Waals surface area contributed by atoms with E-state index in [1.165, 1.54) is 0 Å². The molecule has 27 heavy (non-hydrogen) atoms. The minimum atomic E-state index is -0.227. The van der Waals surface area contributed by atoms with Crippen LogP contribution in [0.5, 0.6) is 0 Å². The fourth-order valence-corrected chi connectivity index (χ4v) is 4.15. The molecule has 0 saturated carbocycles. The molecule has 1 aromatic carbocycles. The molecular formula is C18H19ClN6OS. The topological polar surface area (TPSA) is 75.9 Å². The van der Waals surface area contributed by atoms with Crippen molar-refractivity contribution >= 4 is 28.8 Å². The lowest BCUT2D eigenvalue weighted by molar-refractivity contribution is -0.125. The molecule has 140 valence electrons. The monoisotopic (exact) mass is 402 g/mol. The van der Waals surface area contributed by atoms with Gasteiger partial charge in [0.1, 0.15) is 6.33 Å². The lowest BCUT2D eigenvalue weighted by Gasteiger charge is -2.23. The van der Waals surface area contributed by atoms with E-state index < -0.39 is 0 Å². The summed E-state index contributed by atoms with van der Waals surface area (Å²) in [5, 5.41) is 17.2. The number of aromatic nitrogens is 4. The van der Waals surface area contributed by atoms with Gasteiger partial charge in [0, 0.05) is 23.0 Å². The summed E-state index contributed by atoms with van der Waals surface area (Å²) in [4.78, 5) is 16.2. The third-order valence-corrected chi connectivity index (χ3v) is 5.87. The van der Waals surface area contributed by atoms with Gasteiger partial charge in [-0.3, -0.25) is 9.69 Å². The molecule has 0 radical (unpaired) electrons. The van der Waals surface area contributed by atoms with Crippen LogP contribution in [0.25, 0.3) is 0 Å². The molecule has 0 bridgehead atoms. The van der Waals surface area contributed by atoms with E-state index in [0.717, 1.165) is 10.4 Å². The van der Waals surface area contributed by atoms with Crippen molar-refractivity contribution in [3.63, 3.8) is 0 Å². The third-order valence-electron chi connectivity index (χ3n) is 4.74. The summed E-state index contributed by atoms with van der Waals surface area (Å²) in [5.41, 5.74) is 1.12. The minimum absolute atomic E-state index is 0.0351. The van der Waals surface area contributed by atoms with E-state index in [4.69, 9.17) is 11.6 Å². The second-order valence-electron chi connectivity index (χ2n) is 6.55. The van der Waals surface area contributed by atoms with E-state index >= 15 is 0 Å². The molecule has 0 aliphatic carbocycles. The molecule has 1 saturated heterocycles. The van der Waals surface area contributed by atoms with Crippen LogP contribution in [0.4, 0.5) is 0 Å². The van der Waals surface area contributed by atoms with Crippen LogP contribution in [0.15, 0.2) is 48.1 Å². The highest BCUT2D eigenvalue weighted by atomic mass is 35.5. The van der Waals surface area contributed by atoms with E-state index in [2.05, 4.69) is 25.7 Å². The highest BCUT2D eigenvalue weighted by molar-refractivity contribution is 7.09. The van der Waals surface area contributed by atoms with Crippen LogP contribution in [0.1, 0.15) is 22.9 Å². The minimum Gasteiger partial charge on any atom is -0.350 e. The van der Waals surface area contributed by atoms with Gasteiger partial charge in [0.15, 0.2) is 0 Å². The standard InChI is InChI=1S/C18H19ClN6OS/c19-14-5-3-13(4-6-14)10-24-11-15(25-12-21-22-23-25)8-17(24)18(26)20-9-16-2-1-7-27-16/h1-7,12,15,17H,8-11H2,(H,20,26)/t15-,17+/m1/s1. The average Bonchev–Trinajstić information content (AvgIpc) is 3.43. The zero-order chi connectivity index (χ0) is 18.6. The zero-order valence-corrected chi connectivity index (χ0v) is 16.1. The Morgan fingerprint density at radius 2 is 2.15 bits per heavy atom. The van der Waals surface area contributed by atoms with Gasteiger partial charge in [-0.25, -0.2) is 4.68 Å². The highest BCUT2D eigenvalue weighted by Gasteiger charge is 2.38. The van der Waals surface area contributed by atoms with E-state index in [-0.39, 0.29) is 18.0 Å². The first-order valence-corrected chi connectivity index (χ1v) is 9.96. The van der Waals surface area contributed by atoms with Crippen molar-refractivity contribution < 1.29 is 4.79 Å². The van der Waals surface area contributed by atoms with Gasteiger partial charge in [-0.2, -0.15) is 0 Å². The van der Waals surface area contributed by atoms with Crippen LogP contribution in [-0.2, 0) is 17.9 Å². The molecule has 1 fully saturated rings. The summed E-state index contributed by atoms with van der Waals surface area (Å²) in [6.07, 6.45) is 2.28. The molecule has 2 atom stereocenters. The number of halogens is 1. The molecule has 1 aliphatic heterocycles. The molecule has 1 aliphatic rings. The number of nitrogens with zero attached hydrogens (tertiary/aromatic N) is 5. The summed E-state index contributed by atoms with van der Waals surface area (Å²) < 4.78 is 1.74. The van der Waals surface area contributed by atoms with E-state index in [1.807, 2.05) is 41.8 Å². The number of nitrogens with one attached hydrogen (secondary N) is 1. The van der Waals surface area contributed by atoms with Gasteiger partial charge in [-0.1, -0.05) is 29.8 Å². The molecule has 2 aromatic heterocycles. The Bertz CT molecular complexity index is 868. The molecule has 0 unspecified atom stereocenters. The second-order valence-corrected chi connectivity index (χ2v) is 8.02. The quantitative estimate of drug-likeness (QED) is 0.685. The number of hydrogen-bond acceptors (Lipinski definition) is 6. The maximum Gasteiger partial charge on any atom is 0.237 e. The van der Waals surface area contributed by atoms with E-state index in [9.17, 15) is 4.79 Å². The van der Waals surface area contributed by atoms with Crippen LogP contribution < -0.4 is 5.32 Å². The summed E-state index contributed by atoms with van der Waals surface area (Å²) in [7, 11) is 0. The molecule has 7 nitrogen and oxygen atoms in total. The Morgan fingerprint density at radius 3 is 2.85 bits per heavy atom. The first-order chi connectivity index (χ1) is 13.2. The fraction of sp³-hybridized carbons (Fsp3) is 0.333. The Hall–Kier alpha value is -2.29. The van der Waals surface area contributed by atoms with Gasteiger partial charge >= 0.3 is 0 Å². The molecule has 3 heterocycles. The number of carbonyl (C=O) groups excluding carboxylic acids is 1. The predicted octanol–water partition coefficient (Wildman–Crippen LogP) is 2.52. The number of benzene rings is 1. The maximum absolute atomic E-state index is 12.9. The van der Waals surface area contributed by atoms with Crippen LogP contribution in [0.3, 0.4) is 0 Å². The summed E-state index contributed by atoms with van der Waals surface area (Å²) in [6, 6.07) is 11.6. The second kappa shape index (κ2) is 8.16. The largest absolute Gasteiger partial charge is 0.350 e. The summed E-state index contributed by atoms with van der Waals surface area (Å²) >= 11 is 7.63. The SMILES string of the molecule is O=C(NCc1cccs1)[C@@H]1C[C@@H](n2cnnn2)CN1Cc1ccc(Cl)cc1. The van der Waals surface area contributed by atoms with Crippen LogP contribution in [0, 0.1) is 0 Å². The molecule has 3 aromatic rings.